The van der Waals surface area contributed by atoms with Gasteiger partial charge < -0.3 is 20.1 Å². The molecule has 1 aliphatic heterocycles. The second kappa shape index (κ2) is 8.01. The van der Waals surface area contributed by atoms with E-state index in [1.807, 2.05) is 0 Å². The van der Waals surface area contributed by atoms with Crippen LogP contribution < -0.4 is 5.32 Å². The van der Waals surface area contributed by atoms with Crippen molar-refractivity contribution in [2.45, 2.75) is 25.8 Å². The number of methoxy groups -OCH3 is 1. The molecule has 2 N–H and O–H groups in total. The number of rotatable bonds is 8. The number of aliphatic hydroxyl groups excluding tert-OH is 1. The van der Waals surface area contributed by atoms with Crippen LogP contribution in [0.15, 0.2) is 0 Å². The molecule has 0 amide bonds. The van der Waals surface area contributed by atoms with Crippen LogP contribution in [-0.2, 0) is 4.74 Å². The maximum atomic E-state index is 9.17. The molecule has 0 spiro atoms. The van der Waals surface area contributed by atoms with Crippen molar-refractivity contribution in [3.05, 3.63) is 0 Å². The maximum Gasteiger partial charge on any atom is 0.0585 e. The van der Waals surface area contributed by atoms with Crippen LogP contribution >= 0.6 is 0 Å². The summed E-state index contributed by atoms with van der Waals surface area (Å²) < 4.78 is 5.18. The lowest BCUT2D eigenvalue weighted by Gasteiger charge is -2.20. The molecule has 4 heteroatoms. The van der Waals surface area contributed by atoms with Crippen LogP contribution in [0.5, 0.6) is 0 Å². The smallest absolute Gasteiger partial charge is 0.0585 e. The van der Waals surface area contributed by atoms with Crippen LogP contribution in [0.25, 0.3) is 0 Å². The van der Waals surface area contributed by atoms with Gasteiger partial charge >= 0.3 is 0 Å². The lowest BCUT2D eigenvalue weighted by molar-refractivity contribution is 0.151. The molecule has 0 aromatic heterocycles. The molecule has 0 radical (unpaired) electrons. The zero-order valence-electron chi connectivity index (χ0n) is 10.6. The number of ether oxygens (including phenoxy) is 1. The molecule has 16 heavy (non-hydrogen) atoms. The fourth-order valence-corrected chi connectivity index (χ4v) is 2.37. The number of nitrogens with one attached hydrogen (secondary N) is 1. The molecule has 1 fully saturated rings. The third-order valence-electron chi connectivity index (χ3n) is 3.28. The number of likely N-dealkylation sites (N-methyl/N-ethyl adjacent to an activating group) is 1. The van der Waals surface area contributed by atoms with Gasteiger partial charge in [0.2, 0.25) is 0 Å². The average molecular weight is 230 g/mol. The summed E-state index contributed by atoms with van der Waals surface area (Å²) >= 11 is 0. The van der Waals surface area contributed by atoms with Crippen LogP contribution in [0, 0.1) is 5.92 Å². The minimum Gasteiger partial charge on any atom is -0.395 e. The summed E-state index contributed by atoms with van der Waals surface area (Å²) in [5.41, 5.74) is 0. The Bertz CT molecular complexity index is 178. The van der Waals surface area contributed by atoms with Crippen molar-refractivity contribution < 1.29 is 9.84 Å². The van der Waals surface area contributed by atoms with Gasteiger partial charge in [0.25, 0.3) is 0 Å². The highest BCUT2D eigenvalue weighted by Gasteiger charge is 2.22. The predicted molar refractivity (Wildman–Crippen MR) is 65.6 cm³/mol. The molecule has 1 heterocycles. The Morgan fingerprint density at radius 1 is 1.56 bits per heavy atom. The Balaban J connectivity index is 2.13. The van der Waals surface area contributed by atoms with Gasteiger partial charge in [-0.3, -0.25) is 0 Å². The van der Waals surface area contributed by atoms with Crippen molar-refractivity contribution >= 4 is 0 Å². The molecular weight excluding hydrogens is 204 g/mol. The fourth-order valence-electron chi connectivity index (χ4n) is 2.37. The van der Waals surface area contributed by atoms with Gasteiger partial charge in [-0.15, -0.1) is 0 Å². The standard InChI is InChI=1S/C12H26N2O2/c1-3-13-12(9-15)5-7-14-6-4-11(8-14)10-16-2/h11-13,15H,3-10H2,1-2H3. The zero-order chi connectivity index (χ0) is 11.8. The van der Waals surface area contributed by atoms with Crippen molar-refractivity contribution in [2.24, 2.45) is 5.92 Å². The van der Waals surface area contributed by atoms with Gasteiger partial charge in [-0.05, 0) is 38.4 Å². The van der Waals surface area contributed by atoms with E-state index in [2.05, 4.69) is 17.1 Å². The summed E-state index contributed by atoms with van der Waals surface area (Å²) in [6.45, 7) is 7.54. The largest absolute Gasteiger partial charge is 0.395 e. The molecule has 1 saturated heterocycles. The highest BCUT2D eigenvalue weighted by Crippen LogP contribution is 2.16. The van der Waals surface area contributed by atoms with E-state index in [1.54, 1.807) is 7.11 Å². The summed E-state index contributed by atoms with van der Waals surface area (Å²) in [6, 6.07) is 0.256. The van der Waals surface area contributed by atoms with E-state index < -0.39 is 0 Å². The summed E-state index contributed by atoms with van der Waals surface area (Å²) in [5, 5.41) is 12.5. The first-order valence-corrected chi connectivity index (χ1v) is 6.35. The van der Waals surface area contributed by atoms with E-state index in [4.69, 9.17) is 9.84 Å². The number of hydrogen-bond donors (Lipinski definition) is 2. The highest BCUT2D eigenvalue weighted by molar-refractivity contribution is 4.77. The molecule has 0 bridgehead atoms. The Kier molecular flexibility index (Phi) is 6.96. The molecular formula is C12H26N2O2. The van der Waals surface area contributed by atoms with Gasteiger partial charge in [0.05, 0.1) is 13.2 Å². The molecule has 0 aromatic rings. The van der Waals surface area contributed by atoms with E-state index >= 15 is 0 Å². The Morgan fingerprint density at radius 3 is 3.00 bits per heavy atom. The van der Waals surface area contributed by atoms with Crippen molar-refractivity contribution in [1.29, 1.82) is 0 Å². The number of likely N-dealkylation sites (tertiary alicyclic amines) is 1. The Morgan fingerprint density at radius 2 is 2.38 bits per heavy atom. The SMILES string of the molecule is CCNC(CO)CCN1CCC(COC)C1. The third-order valence-corrected chi connectivity index (χ3v) is 3.28. The monoisotopic (exact) mass is 230 g/mol. The molecule has 4 nitrogen and oxygen atoms in total. The third kappa shape index (κ3) is 4.78. The van der Waals surface area contributed by atoms with Crippen LogP contribution in [0.3, 0.4) is 0 Å². The molecule has 96 valence electrons. The second-order valence-corrected chi connectivity index (χ2v) is 4.64. The van der Waals surface area contributed by atoms with E-state index in [0.29, 0.717) is 5.92 Å². The van der Waals surface area contributed by atoms with Crippen LogP contribution in [0.1, 0.15) is 19.8 Å². The number of aliphatic hydroxyl groups is 1. The summed E-state index contributed by atoms with van der Waals surface area (Å²) in [6.07, 6.45) is 2.28. The quantitative estimate of drug-likeness (QED) is 0.630. The first kappa shape index (κ1) is 13.9. The molecule has 1 aliphatic rings. The van der Waals surface area contributed by atoms with E-state index in [-0.39, 0.29) is 12.6 Å². The summed E-state index contributed by atoms with van der Waals surface area (Å²) in [5.74, 6) is 0.705. The summed E-state index contributed by atoms with van der Waals surface area (Å²) in [7, 11) is 1.77. The van der Waals surface area contributed by atoms with Gasteiger partial charge in [-0.1, -0.05) is 6.92 Å². The van der Waals surface area contributed by atoms with Gasteiger partial charge in [0.1, 0.15) is 0 Å². The van der Waals surface area contributed by atoms with E-state index in [9.17, 15) is 0 Å². The Hall–Kier alpha value is -0.160. The van der Waals surface area contributed by atoms with Gasteiger partial charge in [0, 0.05) is 19.7 Å². The summed E-state index contributed by atoms with van der Waals surface area (Å²) in [4.78, 5) is 2.48. The average Bonchev–Trinajstić information content (AvgIpc) is 2.72. The molecule has 0 aromatic carbocycles. The van der Waals surface area contributed by atoms with Crippen molar-refractivity contribution in [3.63, 3.8) is 0 Å². The highest BCUT2D eigenvalue weighted by atomic mass is 16.5. The van der Waals surface area contributed by atoms with Gasteiger partial charge in [0.15, 0.2) is 0 Å². The molecule has 1 rings (SSSR count). The van der Waals surface area contributed by atoms with E-state index in [1.165, 1.54) is 13.0 Å². The molecule has 0 saturated carbocycles. The number of nitrogens with zero attached hydrogens (tertiary/aromatic N) is 1. The van der Waals surface area contributed by atoms with Gasteiger partial charge in [-0.25, -0.2) is 0 Å². The van der Waals surface area contributed by atoms with Crippen LogP contribution in [0.4, 0.5) is 0 Å². The zero-order valence-corrected chi connectivity index (χ0v) is 10.6. The first-order valence-electron chi connectivity index (χ1n) is 6.35. The Labute approximate surface area is 99.0 Å². The predicted octanol–water partition coefficient (Wildman–Crippen LogP) is 0.315. The first-order chi connectivity index (χ1) is 7.80. The minimum atomic E-state index is 0.239. The molecule has 2 unspecified atom stereocenters. The van der Waals surface area contributed by atoms with E-state index in [0.717, 1.165) is 32.7 Å². The van der Waals surface area contributed by atoms with Gasteiger partial charge in [-0.2, -0.15) is 0 Å². The fraction of sp³-hybridized carbons (Fsp3) is 1.00. The van der Waals surface area contributed by atoms with Crippen molar-refractivity contribution in [3.8, 4) is 0 Å². The lowest BCUT2D eigenvalue weighted by atomic mass is 10.1. The molecule has 2 atom stereocenters. The topological polar surface area (TPSA) is 44.7 Å². The molecule has 0 aliphatic carbocycles. The van der Waals surface area contributed by atoms with Crippen LogP contribution in [-0.4, -0.2) is 62.6 Å². The van der Waals surface area contributed by atoms with Crippen molar-refractivity contribution in [1.82, 2.24) is 10.2 Å². The van der Waals surface area contributed by atoms with Crippen LogP contribution in [0.2, 0.25) is 0 Å². The lowest BCUT2D eigenvalue weighted by Crippen LogP contribution is -2.36. The van der Waals surface area contributed by atoms with Crippen molar-refractivity contribution in [2.75, 3.05) is 46.5 Å². The maximum absolute atomic E-state index is 9.17. The minimum absolute atomic E-state index is 0.239. The number of hydrogen-bond acceptors (Lipinski definition) is 4. The normalized spacial score (nSPS) is 23.8. The second-order valence-electron chi connectivity index (χ2n) is 4.64.